The number of hydrogen-bond acceptors (Lipinski definition) is 4. The summed E-state index contributed by atoms with van der Waals surface area (Å²) in [5.41, 5.74) is 2.60. The molecule has 0 saturated heterocycles. The molecule has 3 saturated carbocycles. The van der Waals surface area contributed by atoms with E-state index >= 15 is 0 Å². The average Bonchev–Trinajstić information content (AvgIpc) is 3.26. The molecule has 3 aromatic rings. The molecule has 3 fully saturated rings. The number of H-pyrrole nitrogens is 1. The second-order valence-electron chi connectivity index (χ2n) is 10.3. The van der Waals surface area contributed by atoms with E-state index < -0.39 is 5.60 Å². The first kappa shape index (κ1) is 22.6. The quantitative estimate of drug-likeness (QED) is 0.489. The van der Waals surface area contributed by atoms with Gasteiger partial charge in [0.05, 0.1) is 22.2 Å². The van der Waals surface area contributed by atoms with Crippen molar-refractivity contribution in [3.05, 3.63) is 66.0 Å². The predicted molar refractivity (Wildman–Crippen MR) is 132 cm³/mol. The van der Waals surface area contributed by atoms with E-state index in [4.69, 9.17) is 4.74 Å². The van der Waals surface area contributed by atoms with Gasteiger partial charge in [0.25, 0.3) is 0 Å². The Kier molecular flexibility index (Phi) is 6.30. The lowest BCUT2D eigenvalue weighted by Crippen LogP contribution is -2.58. The first-order chi connectivity index (χ1) is 16.0. The standard InChI is InChI=1S/C28H37N3O2/c1-31(17-8-13-26-29-24-11-6-7-12-25(24)30-26)18-16-27(32)19-23-15-14-22(27)20-28(23,33-2)21-9-4-3-5-10-21/h3-7,9-12,22-23,32H,8,13-20H2,1-2H3,(H,29,30)/t22-,23-,27+,28+/m1/s1. The summed E-state index contributed by atoms with van der Waals surface area (Å²) in [7, 11) is 4.02. The zero-order valence-electron chi connectivity index (χ0n) is 20.0. The van der Waals surface area contributed by atoms with Crippen LogP contribution < -0.4 is 0 Å². The fraction of sp³-hybridized carbons (Fsp3) is 0.536. The van der Waals surface area contributed by atoms with Gasteiger partial charge in [0.1, 0.15) is 5.82 Å². The van der Waals surface area contributed by atoms with Crippen molar-refractivity contribution < 1.29 is 9.84 Å². The van der Waals surface area contributed by atoms with Crippen molar-refractivity contribution in [3.8, 4) is 0 Å². The third-order valence-corrected chi connectivity index (χ3v) is 8.38. The third kappa shape index (κ3) is 4.34. The maximum Gasteiger partial charge on any atom is 0.107 e. The highest BCUT2D eigenvalue weighted by Gasteiger charge is 2.57. The highest BCUT2D eigenvalue weighted by Crippen LogP contribution is 2.58. The number of imidazole rings is 1. The maximum absolute atomic E-state index is 11.7. The van der Waals surface area contributed by atoms with Crippen molar-refractivity contribution in [3.63, 3.8) is 0 Å². The molecule has 33 heavy (non-hydrogen) atoms. The van der Waals surface area contributed by atoms with E-state index in [2.05, 4.69) is 64.4 Å². The summed E-state index contributed by atoms with van der Waals surface area (Å²) in [6, 6.07) is 18.8. The first-order valence-electron chi connectivity index (χ1n) is 12.5. The molecule has 2 N–H and O–H groups in total. The molecule has 3 aliphatic rings. The van der Waals surface area contributed by atoms with Crippen molar-refractivity contribution in [1.29, 1.82) is 0 Å². The Labute approximate surface area is 197 Å². The second kappa shape index (κ2) is 9.21. The first-order valence-corrected chi connectivity index (χ1v) is 12.5. The second-order valence-corrected chi connectivity index (χ2v) is 10.3. The lowest BCUT2D eigenvalue weighted by Gasteiger charge is -2.58. The summed E-state index contributed by atoms with van der Waals surface area (Å²) in [5.74, 6) is 1.73. The minimum absolute atomic E-state index is 0.241. The number of aromatic amines is 1. The van der Waals surface area contributed by atoms with E-state index in [1.807, 2.05) is 19.2 Å². The monoisotopic (exact) mass is 447 g/mol. The molecule has 2 bridgehead atoms. The normalized spacial score (nSPS) is 29.2. The van der Waals surface area contributed by atoms with Gasteiger partial charge in [0.15, 0.2) is 0 Å². The van der Waals surface area contributed by atoms with Crippen LogP contribution in [0.1, 0.15) is 49.9 Å². The van der Waals surface area contributed by atoms with E-state index in [1.165, 1.54) is 5.56 Å². The molecule has 0 unspecified atom stereocenters. The molecule has 0 spiro atoms. The zero-order valence-corrected chi connectivity index (χ0v) is 20.0. The van der Waals surface area contributed by atoms with Gasteiger partial charge in [-0.2, -0.15) is 0 Å². The van der Waals surface area contributed by atoms with Crippen LogP contribution in [0.4, 0.5) is 0 Å². The number of aromatic nitrogens is 2. The van der Waals surface area contributed by atoms with Crippen LogP contribution in [0.15, 0.2) is 54.6 Å². The summed E-state index contributed by atoms with van der Waals surface area (Å²) in [6.07, 6.45) is 6.85. The van der Waals surface area contributed by atoms with Crippen molar-refractivity contribution >= 4 is 11.0 Å². The molecular weight excluding hydrogens is 410 g/mol. The van der Waals surface area contributed by atoms with Crippen molar-refractivity contribution in [2.24, 2.45) is 11.8 Å². The minimum atomic E-state index is -0.577. The fourth-order valence-corrected chi connectivity index (χ4v) is 6.47. The van der Waals surface area contributed by atoms with Crippen molar-refractivity contribution in [1.82, 2.24) is 14.9 Å². The van der Waals surface area contributed by atoms with E-state index in [-0.39, 0.29) is 5.60 Å². The summed E-state index contributed by atoms with van der Waals surface area (Å²) >= 11 is 0. The molecule has 0 amide bonds. The molecule has 5 heteroatoms. The number of para-hydroxylation sites is 2. The number of aliphatic hydroxyl groups is 1. The van der Waals surface area contributed by atoms with Crippen LogP contribution in [0.5, 0.6) is 0 Å². The van der Waals surface area contributed by atoms with Gasteiger partial charge in [-0.3, -0.25) is 0 Å². The molecule has 1 aromatic heterocycles. The molecule has 1 heterocycles. The Balaban J connectivity index is 1.15. The van der Waals surface area contributed by atoms with Gasteiger partial charge in [0, 0.05) is 20.1 Å². The molecule has 0 radical (unpaired) electrons. The number of nitrogens with zero attached hydrogens (tertiary/aromatic N) is 2. The smallest absolute Gasteiger partial charge is 0.107 e. The number of fused-ring (bicyclic) bond motifs is 4. The Morgan fingerprint density at radius 2 is 1.79 bits per heavy atom. The summed E-state index contributed by atoms with van der Waals surface area (Å²) in [6.45, 7) is 1.93. The van der Waals surface area contributed by atoms with Gasteiger partial charge < -0.3 is 19.7 Å². The summed E-state index contributed by atoms with van der Waals surface area (Å²) < 4.78 is 6.20. The number of nitrogens with one attached hydrogen (secondary N) is 1. The molecule has 0 aliphatic heterocycles. The Morgan fingerprint density at radius 1 is 1.03 bits per heavy atom. The predicted octanol–water partition coefficient (Wildman–Crippen LogP) is 4.91. The van der Waals surface area contributed by atoms with Gasteiger partial charge in [-0.1, -0.05) is 42.5 Å². The number of benzene rings is 2. The number of ether oxygens (including phenoxy) is 1. The minimum Gasteiger partial charge on any atom is -0.390 e. The van der Waals surface area contributed by atoms with Crippen LogP contribution in [0.3, 0.4) is 0 Å². The number of hydrogen-bond donors (Lipinski definition) is 2. The number of aryl methyl sites for hydroxylation is 1. The average molecular weight is 448 g/mol. The maximum atomic E-state index is 11.7. The molecule has 6 rings (SSSR count). The Morgan fingerprint density at radius 3 is 2.52 bits per heavy atom. The van der Waals surface area contributed by atoms with Gasteiger partial charge >= 0.3 is 0 Å². The largest absolute Gasteiger partial charge is 0.390 e. The van der Waals surface area contributed by atoms with E-state index in [1.54, 1.807) is 0 Å². The van der Waals surface area contributed by atoms with Crippen LogP contribution in [0.25, 0.3) is 11.0 Å². The molecule has 3 aliphatic carbocycles. The van der Waals surface area contributed by atoms with Crippen LogP contribution >= 0.6 is 0 Å². The fourth-order valence-electron chi connectivity index (χ4n) is 6.47. The van der Waals surface area contributed by atoms with Crippen LogP contribution in [0, 0.1) is 11.8 Å². The molecule has 4 atom stereocenters. The van der Waals surface area contributed by atoms with Crippen molar-refractivity contribution in [2.75, 3.05) is 27.2 Å². The summed E-state index contributed by atoms with van der Waals surface area (Å²) in [4.78, 5) is 10.5. The molecular formula is C28H37N3O2. The number of methoxy groups -OCH3 is 1. The van der Waals surface area contributed by atoms with Crippen LogP contribution in [-0.2, 0) is 16.8 Å². The van der Waals surface area contributed by atoms with Crippen LogP contribution in [-0.4, -0.2) is 52.8 Å². The van der Waals surface area contributed by atoms with E-state index in [9.17, 15) is 5.11 Å². The molecule has 176 valence electrons. The molecule has 2 aromatic carbocycles. The van der Waals surface area contributed by atoms with Gasteiger partial charge in [0.2, 0.25) is 0 Å². The zero-order chi connectivity index (χ0) is 22.9. The lowest BCUT2D eigenvalue weighted by atomic mass is 9.53. The molecule has 5 nitrogen and oxygen atoms in total. The van der Waals surface area contributed by atoms with Gasteiger partial charge in [-0.15, -0.1) is 0 Å². The Bertz CT molecular complexity index is 1030. The van der Waals surface area contributed by atoms with E-state index in [0.29, 0.717) is 11.8 Å². The number of rotatable bonds is 9. The summed E-state index contributed by atoms with van der Waals surface area (Å²) in [5, 5.41) is 11.7. The highest BCUT2D eigenvalue weighted by molar-refractivity contribution is 5.74. The van der Waals surface area contributed by atoms with Crippen LogP contribution in [0.2, 0.25) is 0 Å². The highest BCUT2D eigenvalue weighted by atomic mass is 16.5. The Hall–Kier alpha value is -2.21. The van der Waals surface area contributed by atoms with Gasteiger partial charge in [-0.25, -0.2) is 4.98 Å². The van der Waals surface area contributed by atoms with Crippen molar-refractivity contribution in [2.45, 2.75) is 56.1 Å². The lowest BCUT2D eigenvalue weighted by molar-refractivity contribution is -0.207. The SMILES string of the molecule is CO[C@]1(c2ccccc2)C[C@H]2CC[C@@H]1C[C@@]2(O)CCN(C)CCCc1nc2ccccc2[nH]1. The van der Waals surface area contributed by atoms with Gasteiger partial charge in [-0.05, 0) is 81.6 Å². The topological polar surface area (TPSA) is 61.4 Å². The van der Waals surface area contributed by atoms with E-state index in [0.717, 1.165) is 74.9 Å². The third-order valence-electron chi connectivity index (χ3n) is 8.38.